The van der Waals surface area contributed by atoms with Gasteiger partial charge in [-0.2, -0.15) is 0 Å². The topological polar surface area (TPSA) is 29.1 Å². The van der Waals surface area contributed by atoms with Crippen molar-refractivity contribution in [2.75, 3.05) is 0 Å². The highest BCUT2D eigenvalue weighted by molar-refractivity contribution is 5.75. The number of carbonyl (C=O) groups excluding carboxylic acids is 1. The molecule has 0 saturated carbocycles. The van der Waals surface area contributed by atoms with E-state index in [1.165, 1.54) is 0 Å². The van der Waals surface area contributed by atoms with E-state index in [9.17, 15) is 4.79 Å². The first kappa shape index (κ1) is 8.05. The van der Waals surface area contributed by atoms with Crippen molar-refractivity contribution in [1.29, 1.82) is 0 Å². The van der Waals surface area contributed by atoms with Crippen LogP contribution in [0.2, 0.25) is 0 Å². The van der Waals surface area contributed by atoms with Crippen molar-refractivity contribution in [2.24, 2.45) is 0 Å². The van der Waals surface area contributed by atoms with Crippen molar-refractivity contribution in [1.82, 2.24) is 5.32 Å². The zero-order valence-electron chi connectivity index (χ0n) is 6.81. The lowest BCUT2D eigenvalue weighted by Crippen LogP contribution is -2.09. The second kappa shape index (κ2) is 3.37. The summed E-state index contributed by atoms with van der Waals surface area (Å²) in [5, 5.41) is 3.10. The molecule has 11 heavy (non-hydrogen) atoms. The molecule has 0 spiro atoms. The lowest BCUT2D eigenvalue weighted by atomic mass is 10.2. The summed E-state index contributed by atoms with van der Waals surface area (Å²) in [5.74, 6) is 0. The third-order valence-corrected chi connectivity index (χ3v) is 1.77. The molecule has 0 bridgehead atoms. The Morgan fingerprint density at radius 1 is 1.64 bits per heavy atom. The molecular formula is C9H13NO. The molecule has 0 aromatic carbocycles. The molecule has 0 aromatic heterocycles. The Bertz CT molecular complexity index is 216. The number of rotatable bonds is 3. The average molecular weight is 151 g/mol. The highest BCUT2D eigenvalue weighted by Crippen LogP contribution is 2.22. The van der Waals surface area contributed by atoms with E-state index in [1.54, 1.807) is 0 Å². The summed E-state index contributed by atoms with van der Waals surface area (Å²) in [4.78, 5) is 10.5. The Hall–Kier alpha value is -1.05. The summed E-state index contributed by atoms with van der Waals surface area (Å²) < 4.78 is 0. The van der Waals surface area contributed by atoms with Crippen molar-refractivity contribution in [3.63, 3.8) is 0 Å². The Morgan fingerprint density at radius 2 is 2.36 bits per heavy atom. The van der Waals surface area contributed by atoms with Gasteiger partial charge in [-0.1, -0.05) is 6.58 Å². The first-order chi connectivity index (χ1) is 5.24. The van der Waals surface area contributed by atoms with Crippen LogP contribution in [0.4, 0.5) is 0 Å². The van der Waals surface area contributed by atoms with Crippen LogP contribution in [0.1, 0.15) is 26.2 Å². The maximum absolute atomic E-state index is 10.5. The SMILES string of the molecule is C=C(C)NC1=C(C=O)CCC1. The van der Waals surface area contributed by atoms with Crippen LogP contribution in [0, 0.1) is 0 Å². The number of allylic oxidation sites excluding steroid dienone is 3. The summed E-state index contributed by atoms with van der Waals surface area (Å²) in [6.45, 7) is 5.62. The van der Waals surface area contributed by atoms with Crippen molar-refractivity contribution in [3.8, 4) is 0 Å². The zero-order valence-corrected chi connectivity index (χ0v) is 6.81. The van der Waals surface area contributed by atoms with Crippen LogP contribution in [0.25, 0.3) is 0 Å². The van der Waals surface area contributed by atoms with Crippen molar-refractivity contribution >= 4 is 6.29 Å². The normalized spacial score (nSPS) is 16.8. The predicted octanol–water partition coefficient (Wildman–Crippen LogP) is 1.75. The van der Waals surface area contributed by atoms with Gasteiger partial charge >= 0.3 is 0 Å². The minimum absolute atomic E-state index is 0.904. The van der Waals surface area contributed by atoms with E-state index in [-0.39, 0.29) is 0 Å². The molecule has 0 radical (unpaired) electrons. The number of hydrogen-bond donors (Lipinski definition) is 1. The Labute approximate surface area is 67.0 Å². The molecule has 0 heterocycles. The van der Waals surface area contributed by atoms with Crippen LogP contribution in [-0.2, 0) is 4.79 Å². The molecule has 1 N–H and O–H groups in total. The molecule has 0 atom stereocenters. The van der Waals surface area contributed by atoms with Crippen molar-refractivity contribution in [3.05, 3.63) is 23.5 Å². The largest absolute Gasteiger partial charge is 0.363 e. The molecule has 1 aliphatic carbocycles. The van der Waals surface area contributed by atoms with E-state index < -0.39 is 0 Å². The highest BCUT2D eigenvalue weighted by Gasteiger charge is 2.12. The first-order valence-corrected chi connectivity index (χ1v) is 3.84. The van der Waals surface area contributed by atoms with Crippen molar-refractivity contribution < 1.29 is 4.79 Å². The smallest absolute Gasteiger partial charge is 0.147 e. The van der Waals surface area contributed by atoms with Gasteiger partial charge in [0.25, 0.3) is 0 Å². The van der Waals surface area contributed by atoms with Gasteiger partial charge in [-0.05, 0) is 26.2 Å². The summed E-state index contributed by atoms with van der Waals surface area (Å²) in [7, 11) is 0. The number of nitrogens with one attached hydrogen (secondary N) is 1. The minimum Gasteiger partial charge on any atom is -0.363 e. The quantitative estimate of drug-likeness (QED) is 0.622. The summed E-state index contributed by atoms with van der Waals surface area (Å²) in [6, 6.07) is 0. The van der Waals surface area contributed by atoms with E-state index in [1.807, 2.05) is 6.92 Å². The number of carbonyl (C=O) groups is 1. The molecule has 0 saturated heterocycles. The average Bonchev–Trinajstić information content (AvgIpc) is 2.34. The number of aldehydes is 1. The fourth-order valence-corrected chi connectivity index (χ4v) is 1.30. The molecule has 2 nitrogen and oxygen atoms in total. The third-order valence-electron chi connectivity index (χ3n) is 1.77. The van der Waals surface area contributed by atoms with Gasteiger partial charge in [-0.15, -0.1) is 0 Å². The Balaban J connectivity index is 2.67. The first-order valence-electron chi connectivity index (χ1n) is 3.84. The fourth-order valence-electron chi connectivity index (χ4n) is 1.30. The van der Waals surface area contributed by atoms with Crippen LogP contribution in [0.15, 0.2) is 23.5 Å². The predicted molar refractivity (Wildman–Crippen MR) is 44.9 cm³/mol. The Morgan fingerprint density at radius 3 is 2.91 bits per heavy atom. The summed E-state index contributed by atoms with van der Waals surface area (Å²) in [5.41, 5.74) is 2.88. The molecule has 2 heteroatoms. The molecule has 0 amide bonds. The van der Waals surface area contributed by atoms with E-state index in [2.05, 4.69) is 11.9 Å². The molecule has 0 fully saturated rings. The van der Waals surface area contributed by atoms with Gasteiger partial charge < -0.3 is 5.32 Å². The maximum Gasteiger partial charge on any atom is 0.147 e. The van der Waals surface area contributed by atoms with Gasteiger partial charge in [-0.3, -0.25) is 4.79 Å². The van der Waals surface area contributed by atoms with Gasteiger partial charge in [0, 0.05) is 17.0 Å². The summed E-state index contributed by atoms with van der Waals surface area (Å²) in [6.07, 6.45) is 3.93. The summed E-state index contributed by atoms with van der Waals surface area (Å²) >= 11 is 0. The second-order valence-corrected chi connectivity index (χ2v) is 2.88. The van der Waals surface area contributed by atoms with E-state index >= 15 is 0 Å². The molecule has 0 unspecified atom stereocenters. The number of hydrogen-bond acceptors (Lipinski definition) is 2. The maximum atomic E-state index is 10.5. The van der Waals surface area contributed by atoms with Crippen LogP contribution in [0.5, 0.6) is 0 Å². The van der Waals surface area contributed by atoms with Crippen LogP contribution >= 0.6 is 0 Å². The van der Waals surface area contributed by atoms with Crippen LogP contribution < -0.4 is 5.32 Å². The third kappa shape index (κ3) is 1.93. The van der Waals surface area contributed by atoms with Gasteiger partial charge in [0.05, 0.1) is 0 Å². The van der Waals surface area contributed by atoms with Crippen molar-refractivity contribution in [2.45, 2.75) is 26.2 Å². The molecule has 1 rings (SSSR count). The van der Waals surface area contributed by atoms with Gasteiger partial charge in [-0.25, -0.2) is 0 Å². The Kier molecular flexibility index (Phi) is 2.47. The second-order valence-electron chi connectivity index (χ2n) is 2.88. The monoisotopic (exact) mass is 151 g/mol. The zero-order chi connectivity index (χ0) is 8.27. The van der Waals surface area contributed by atoms with Gasteiger partial charge in [0.1, 0.15) is 6.29 Å². The minimum atomic E-state index is 0.904. The van der Waals surface area contributed by atoms with Gasteiger partial charge in [0.2, 0.25) is 0 Å². The van der Waals surface area contributed by atoms with Crippen LogP contribution in [0.3, 0.4) is 0 Å². The molecule has 0 aliphatic heterocycles. The van der Waals surface area contributed by atoms with E-state index in [4.69, 9.17) is 0 Å². The molecule has 60 valence electrons. The van der Waals surface area contributed by atoms with Crippen LogP contribution in [-0.4, -0.2) is 6.29 Å². The van der Waals surface area contributed by atoms with E-state index in [0.717, 1.165) is 42.5 Å². The lowest BCUT2D eigenvalue weighted by molar-refractivity contribution is -0.105. The van der Waals surface area contributed by atoms with Gasteiger partial charge in [0.15, 0.2) is 0 Å². The molecule has 0 aromatic rings. The lowest BCUT2D eigenvalue weighted by Gasteiger charge is -2.05. The fraction of sp³-hybridized carbons (Fsp3) is 0.444. The molecule has 1 aliphatic rings. The standard InChI is InChI=1S/C9H13NO/c1-7(2)10-9-5-3-4-8(9)6-11/h6,10H,1,3-5H2,2H3. The highest BCUT2D eigenvalue weighted by atomic mass is 16.1. The van der Waals surface area contributed by atoms with E-state index in [0.29, 0.717) is 0 Å². The molecular weight excluding hydrogens is 138 g/mol.